The van der Waals surface area contributed by atoms with Crippen molar-refractivity contribution in [3.8, 4) is 6.07 Å². The predicted molar refractivity (Wildman–Crippen MR) is 61.5 cm³/mol. The Morgan fingerprint density at radius 2 is 2.18 bits per heavy atom. The zero-order valence-electron chi connectivity index (χ0n) is 9.17. The van der Waals surface area contributed by atoms with Gasteiger partial charge in [-0.25, -0.2) is 4.98 Å². The largest absolute Gasteiger partial charge is 0.307 e. The van der Waals surface area contributed by atoms with Gasteiger partial charge in [-0.2, -0.15) is 15.5 Å². The summed E-state index contributed by atoms with van der Waals surface area (Å²) in [6.07, 6.45) is 3.28. The predicted octanol–water partition coefficient (Wildman–Crippen LogP) is 1.03. The summed E-state index contributed by atoms with van der Waals surface area (Å²) >= 11 is 0. The second-order valence-electron chi connectivity index (χ2n) is 3.48. The van der Waals surface area contributed by atoms with Crippen LogP contribution in [0.1, 0.15) is 17.0 Å². The van der Waals surface area contributed by atoms with Crippen molar-refractivity contribution in [2.75, 3.05) is 0 Å². The van der Waals surface area contributed by atoms with E-state index in [1.54, 1.807) is 18.5 Å². The molecule has 0 atom stereocenters. The topological polar surface area (TPSA) is 74.5 Å². The Hall–Kier alpha value is -2.32. The number of hydrogen-bond acceptors (Lipinski definition) is 5. The van der Waals surface area contributed by atoms with Crippen molar-refractivity contribution in [2.24, 2.45) is 0 Å². The van der Waals surface area contributed by atoms with Crippen LogP contribution in [-0.4, -0.2) is 15.2 Å². The highest BCUT2D eigenvalue weighted by Gasteiger charge is 1.97. The monoisotopic (exact) mass is 225 g/mol. The molecule has 0 saturated carbocycles. The van der Waals surface area contributed by atoms with E-state index in [2.05, 4.69) is 20.5 Å². The van der Waals surface area contributed by atoms with E-state index in [0.717, 1.165) is 11.3 Å². The zero-order valence-corrected chi connectivity index (χ0v) is 9.17. The fourth-order valence-electron chi connectivity index (χ4n) is 1.41. The molecule has 0 bridgehead atoms. The lowest BCUT2D eigenvalue weighted by Gasteiger charge is -2.03. The van der Waals surface area contributed by atoms with Gasteiger partial charge in [-0.1, -0.05) is 0 Å². The van der Waals surface area contributed by atoms with Crippen LogP contribution in [0.2, 0.25) is 0 Å². The van der Waals surface area contributed by atoms with E-state index >= 15 is 0 Å². The molecule has 17 heavy (non-hydrogen) atoms. The van der Waals surface area contributed by atoms with Crippen LogP contribution in [0, 0.1) is 11.3 Å². The summed E-state index contributed by atoms with van der Waals surface area (Å²) in [6.45, 7) is 1.33. The van der Waals surface area contributed by atoms with Crippen molar-refractivity contribution in [3.63, 3.8) is 0 Å². The second kappa shape index (κ2) is 5.68. The summed E-state index contributed by atoms with van der Waals surface area (Å²) in [5.74, 6) is 0. The first-order valence-electron chi connectivity index (χ1n) is 5.21. The molecule has 2 aromatic heterocycles. The Kier molecular flexibility index (Phi) is 3.73. The maximum Gasteiger partial charge on any atom is 0.140 e. The lowest BCUT2D eigenvalue weighted by Crippen LogP contribution is -2.14. The SMILES string of the molecule is N#Cc1cc(CNCc2cccnn2)ccn1. The van der Waals surface area contributed by atoms with Crippen molar-refractivity contribution >= 4 is 0 Å². The summed E-state index contributed by atoms with van der Waals surface area (Å²) in [6, 6.07) is 9.42. The van der Waals surface area contributed by atoms with E-state index in [4.69, 9.17) is 5.26 Å². The van der Waals surface area contributed by atoms with Gasteiger partial charge in [0.2, 0.25) is 0 Å². The molecular formula is C12H11N5. The quantitative estimate of drug-likeness (QED) is 0.841. The van der Waals surface area contributed by atoms with E-state index in [0.29, 0.717) is 18.8 Å². The number of nitrogens with zero attached hydrogens (tertiary/aromatic N) is 4. The van der Waals surface area contributed by atoms with Gasteiger partial charge in [-0.05, 0) is 29.8 Å². The smallest absolute Gasteiger partial charge is 0.140 e. The van der Waals surface area contributed by atoms with Crippen LogP contribution in [0.4, 0.5) is 0 Å². The fraction of sp³-hybridized carbons (Fsp3) is 0.167. The molecule has 0 aliphatic heterocycles. The zero-order chi connectivity index (χ0) is 11.9. The molecule has 0 fully saturated rings. The van der Waals surface area contributed by atoms with Gasteiger partial charge in [-0.15, -0.1) is 0 Å². The molecule has 2 rings (SSSR count). The van der Waals surface area contributed by atoms with Gasteiger partial charge < -0.3 is 5.32 Å². The molecule has 1 N–H and O–H groups in total. The van der Waals surface area contributed by atoms with Crippen LogP contribution in [0.15, 0.2) is 36.7 Å². The summed E-state index contributed by atoms with van der Waals surface area (Å²) in [5, 5.41) is 19.7. The van der Waals surface area contributed by atoms with Crippen molar-refractivity contribution < 1.29 is 0 Å². The van der Waals surface area contributed by atoms with Gasteiger partial charge in [0.15, 0.2) is 0 Å². The van der Waals surface area contributed by atoms with Crippen molar-refractivity contribution in [3.05, 3.63) is 53.6 Å². The third kappa shape index (κ3) is 3.33. The standard InChI is InChI=1S/C12H11N5/c13-7-12-6-10(3-5-15-12)8-14-9-11-2-1-4-16-17-11/h1-6,14H,8-9H2. The lowest BCUT2D eigenvalue weighted by molar-refractivity contribution is 0.669. The minimum atomic E-state index is 0.434. The summed E-state index contributed by atoms with van der Waals surface area (Å²) in [4.78, 5) is 3.91. The maximum atomic E-state index is 8.71. The van der Waals surface area contributed by atoms with Crippen LogP contribution in [0.3, 0.4) is 0 Å². The molecule has 5 heteroatoms. The number of nitriles is 1. The van der Waals surface area contributed by atoms with Crippen LogP contribution >= 0.6 is 0 Å². The van der Waals surface area contributed by atoms with Gasteiger partial charge >= 0.3 is 0 Å². The third-order valence-electron chi connectivity index (χ3n) is 2.20. The van der Waals surface area contributed by atoms with E-state index < -0.39 is 0 Å². The average Bonchev–Trinajstić information content (AvgIpc) is 2.40. The highest BCUT2D eigenvalue weighted by atomic mass is 15.1. The van der Waals surface area contributed by atoms with Gasteiger partial charge in [0.05, 0.1) is 5.69 Å². The van der Waals surface area contributed by atoms with E-state index in [9.17, 15) is 0 Å². The summed E-state index contributed by atoms with van der Waals surface area (Å²) < 4.78 is 0. The van der Waals surface area contributed by atoms with E-state index in [-0.39, 0.29) is 0 Å². The Bertz CT molecular complexity index is 518. The van der Waals surface area contributed by atoms with Crippen LogP contribution in [0.5, 0.6) is 0 Å². The van der Waals surface area contributed by atoms with Crippen molar-refractivity contribution in [2.45, 2.75) is 13.1 Å². The minimum Gasteiger partial charge on any atom is -0.307 e. The maximum absolute atomic E-state index is 8.71. The molecular weight excluding hydrogens is 214 g/mol. The highest BCUT2D eigenvalue weighted by molar-refractivity contribution is 5.25. The van der Waals surface area contributed by atoms with Gasteiger partial charge in [0, 0.05) is 25.5 Å². The highest BCUT2D eigenvalue weighted by Crippen LogP contribution is 2.00. The molecule has 0 aliphatic rings. The molecule has 84 valence electrons. The number of nitrogens with one attached hydrogen (secondary N) is 1. The van der Waals surface area contributed by atoms with Gasteiger partial charge in [0.25, 0.3) is 0 Å². The summed E-state index contributed by atoms with van der Waals surface area (Å²) in [7, 11) is 0. The Morgan fingerprint density at radius 3 is 2.94 bits per heavy atom. The molecule has 0 aliphatic carbocycles. The minimum absolute atomic E-state index is 0.434. The fourth-order valence-corrected chi connectivity index (χ4v) is 1.41. The Morgan fingerprint density at radius 1 is 1.24 bits per heavy atom. The third-order valence-corrected chi connectivity index (χ3v) is 2.20. The molecule has 5 nitrogen and oxygen atoms in total. The normalized spacial score (nSPS) is 9.82. The van der Waals surface area contributed by atoms with Crippen molar-refractivity contribution in [1.82, 2.24) is 20.5 Å². The number of aromatic nitrogens is 3. The Labute approximate surface area is 99.2 Å². The molecule has 0 spiro atoms. The first-order chi connectivity index (χ1) is 8.38. The van der Waals surface area contributed by atoms with E-state index in [1.807, 2.05) is 24.3 Å². The van der Waals surface area contributed by atoms with Crippen LogP contribution in [-0.2, 0) is 13.1 Å². The summed E-state index contributed by atoms with van der Waals surface area (Å²) in [5.41, 5.74) is 2.35. The van der Waals surface area contributed by atoms with Gasteiger partial charge in [-0.3, -0.25) is 0 Å². The van der Waals surface area contributed by atoms with E-state index in [1.165, 1.54) is 0 Å². The molecule has 0 saturated heterocycles. The van der Waals surface area contributed by atoms with Gasteiger partial charge in [0.1, 0.15) is 11.8 Å². The lowest BCUT2D eigenvalue weighted by atomic mass is 10.2. The molecule has 2 aromatic rings. The first kappa shape index (κ1) is 11.2. The van der Waals surface area contributed by atoms with Crippen molar-refractivity contribution in [1.29, 1.82) is 5.26 Å². The molecule has 0 unspecified atom stereocenters. The Balaban J connectivity index is 1.88. The molecule has 0 aromatic carbocycles. The second-order valence-corrected chi connectivity index (χ2v) is 3.48. The molecule has 0 amide bonds. The number of rotatable bonds is 4. The van der Waals surface area contributed by atoms with Crippen LogP contribution < -0.4 is 5.32 Å². The number of pyridine rings is 1. The number of hydrogen-bond donors (Lipinski definition) is 1. The van der Waals surface area contributed by atoms with Crippen LogP contribution in [0.25, 0.3) is 0 Å². The molecule has 2 heterocycles. The molecule has 0 radical (unpaired) electrons. The average molecular weight is 225 g/mol. The first-order valence-corrected chi connectivity index (χ1v) is 5.21.